The smallest absolute Gasteiger partial charge is 0.171 e. The molecule has 0 amide bonds. The van der Waals surface area contributed by atoms with Crippen molar-refractivity contribution >= 4 is 0 Å². The lowest BCUT2D eigenvalue weighted by atomic mass is 10.0. The molecule has 1 rings (SSSR count). The first kappa shape index (κ1) is 32.2. The molecule has 0 unspecified atom stereocenters. The molecule has 204 valence electrons. The number of hydrogen-bond acceptors (Lipinski definition) is 0. The number of aryl methyl sites for hydroxylation is 3. The van der Waals surface area contributed by atoms with Crippen LogP contribution in [0.15, 0.2) is 18.5 Å². The molecule has 0 bridgehead atoms. The standard InChI is InChI=1S/C34H64N/c1-4-7-9-11-13-15-17-19-21-23-25-27-33-30-34(32-35(31-33)29-6-3)28-26-24-22-20-18-16-14-12-10-8-5-2/h30-32H,4-29H2,1-3H3/q+1. The first-order valence-electron chi connectivity index (χ1n) is 16.3. The number of nitrogens with zero attached hydrogens (tertiary/aromatic N) is 1. The Morgan fingerprint density at radius 2 is 0.714 bits per heavy atom. The molecule has 35 heavy (non-hydrogen) atoms. The summed E-state index contributed by atoms with van der Waals surface area (Å²) >= 11 is 0. The molecule has 0 radical (unpaired) electrons. The number of hydrogen-bond donors (Lipinski definition) is 0. The van der Waals surface area contributed by atoms with Gasteiger partial charge in [0.15, 0.2) is 12.4 Å². The van der Waals surface area contributed by atoms with E-state index in [4.69, 9.17) is 0 Å². The summed E-state index contributed by atoms with van der Waals surface area (Å²) in [6, 6.07) is 2.53. The molecule has 0 atom stereocenters. The summed E-state index contributed by atoms with van der Waals surface area (Å²) < 4.78 is 2.47. The van der Waals surface area contributed by atoms with Crippen LogP contribution in [0.1, 0.15) is 180 Å². The van der Waals surface area contributed by atoms with E-state index in [1.165, 1.54) is 161 Å². The van der Waals surface area contributed by atoms with Gasteiger partial charge in [-0.2, -0.15) is 0 Å². The van der Waals surface area contributed by atoms with Crippen LogP contribution in [0.5, 0.6) is 0 Å². The molecule has 1 nitrogen and oxygen atoms in total. The fourth-order valence-electron chi connectivity index (χ4n) is 5.42. The Morgan fingerprint density at radius 3 is 1.03 bits per heavy atom. The minimum atomic E-state index is 1.16. The van der Waals surface area contributed by atoms with Crippen LogP contribution >= 0.6 is 0 Å². The van der Waals surface area contributed by atoms with Crippen molar-refractivity contribution < 1.29 is 4.57 Å². The summed E-state index contributed by atoms with van der Waals surface area (Å²) in [6.45, 7) is 8.07. The summed E-state index contributed by atoms with van der Waals surface area (Å²) in [5, 5.41) is 0. The summed E-state index contributed by atoms with van der Waals surface area (Å²) in [5.41, 5.74) is 3.16. The van der Waals surface area contributed by atoms with Crippen molar-refractivity contribution in [2.45, 2.75) is 188 Å². The minimum absolute atomic E-state index is 1.16. The highest BCUT2D eigenvalue weighted by Crippen LogP contribution is 2.15. The molecule has 0 N–H and O–H groups in total. The van der Waals surface area contributed by atoms with Gasteiger partial charge in [0.2, 0.25) is 0 Å². The van der Waals surface area contributed by atoms with Gasteiger partial charge >= 0.3 is 0 Å². The second-order valence-corrected chi connectivity index (χ2v) is 11.4. The molecule has 0 aliphatic heterocycles. The van der Waals surface area contributed by atoms with Crippen molar-refractivity contribution in [1.82, 2.24) is 0 Å². The van der Waals surface area contributed by atoms with Gasteiger partial charge in [0.05, 0.1) is 0 Å². The van der Waals surface area contributed by atoms with Gasteiger partial charge in [0.25, 0.3) is 0 Å². The van der Waals surface area contributed by atoms with E-state index in [1.807, 2.05) is 0 Å². The topological polar surface area (TPSA) is 3.88 Å². The van der Waals surface area contributed by atoms with Crippen LogP contribution in [0.25, 0.3) is 0 Å². The molecule has 0 fully saturated rings. The maximum atomic E-state index is 2.53. The van der Waals surface area contributed by atoms with E-state index in [0.717, 1.165) is 6.54 Å². The third-order valence-electron chi connectivity index (χ3n) is 7.65. The van der Waals surface area contributed by atoms with Crippen LogP contribution in [-0.2, 0) is 19.4 Å². The van der Waals surface area contributed by atoms with Gasteiger partial charge in [0, 0.05) is 17.5 Å². The normalized spacial score (nSPS) is 11.4. The zero-order valence-electron chi connectivity index (χ0n) is 24.6. The Morgan fingerprint density at radius 1 is 0.400 bits per heavy atom. The van der Waals surface area contributed by atoms with Crippen molar-refractivity contribution in [3.63, 3.8) is 0 Å². The predicted molar refractivity (Wildman–Crippen MR) is 157 cm³/mol. The number of pyridine rings is 1. The Kier molecular flexibility index (Phi) is 22.8. The van der Waals surface area contributed by atoms with Gasteiger partial charge < -0.3 is 0 Å². The summed E-state index contributed by atoms with van der Waals surface area (Å²) in [4.78, 5) is 0. The average Bonchev–Trinajstić information content (AvgIpc) is 2.86. The van der Waals surface area contributed by atoms with Crippen LogP contribution in [0.2, 0.25) is 0 Å². The molecule has 0 saturated heterocycles. The zero-order valence-corrected chi connectivity index (χ0v) is 24.6. The maximum absolute atomic E-state index is 2.53. The van der Waals surface area contributed by atoms with Gasteiger partial charge in [-0.1, -0.05) is 149 Å². The van der Waals surface area contributed by atoms with Crippen molar-refractivity contribution in [2.24, 2.45) is 0 Å². The largest absolute Gasteiger partial charge is 0.205 e. The molecule has 0 spiro atoms. The van der Waals surface area contributed by atoms with Crippen molar-refractivity contribution in [3.05, 3.63) is 29.6 Å². The fraction of sp³-hybridized carbons (Fsp3) is 0.853. The van der Waals surface area contributed by atoms with Gasteiger partial charge in [-0.05, 0) is 31.7 Å². The maximum Gasteiger partial charge on any atom is 0.171 e. The quantitative estimate of drug-likeness (QED) is 0.0905. The SMILES string of the molecule is CCCCCCCCCCCCCc1cc(CCCCCCCCCCCCC)c[n+](CCC)c1. The van der Waals surface area contributed by atoms with Crippen LogP contribution in [0.4, 0.5) is 0 Å². The van der Waals surface area contributed by atoms with Crippen LogP contribution in [0.3, 0.4) is 0 Å². The van der Waals surface area contributed by atoms with Crippen LogP contribution in [-0.4, -0.2) is 0 Å². The van der Waals surface area contributed by atoms with E-state index in [2.05, 4.69) is 43.8 Å². The lowest BCUT2D eigenvalue weighted by Crippen LogP contribution is -2.34. The molecule has 1 aromatic rings. The summed E-state index contributed by atoms with van der Waals surface area (Å²) in [7, 11) is 0. The molecule has 0 aromatic carbocycles. The van der Waals surface area contributed by atoms with Gasteiger partial charge in [0.1, 0.15) is 6.54 Å². The molecular weight excluding hydrogens is 422 g/mol. The highest BCUT2D eigenvalue weighted by Gasteiger charge is 2.08. The van der Waals surface area contributed by atoms with E-state index < -0.39 is 0 Å². The van der Waals surface area contributed by atoms with E-state index in [9.17, 15) is 0 Å². The molecule has 0 saturated carbocycles. The zero-order chi connectivity index (χ0) is 25.2. The van der Waals surface area contributed by atoms with E-state index >= 15 is 0 Å². The van der Waals surface area contributed by atoms with Crippen LogP contribution < -0.4 is 4.57 Å². The lowest BCUT2D eigenvalue weighted by molar-refractivity contribution is -0.697. The first-order chi connectivity index (χ1) is 17.3. The predicted octanol–water partition coefficient (Wildman–Crippen LogP) is 11.1. The van der Waals surface area contributed by atoms with E-state index in [0.29, 0.717) is 0 Å². The second-order valence-electron chi connectivity index (χ2n) is 11.4. The Hall–Kier alpha value is -0.850. The lowest BCUT2D eigenvalue weighted by Gasteiger charge is -2.07. The number of rotatable bonds is 26. The molecular formula is C34H64N+. The van der Waals surface area contributed by atoms with Crippen molar-refractivity contribution in [2.75, 3.05) is 0 Å². The second kappa shape index (κ2) is 24.8. The van der Waals surface area contributed by atoms with Crippen molar-refractivity contribution in [1.29, 1.82) is 0 Å². The van der Waals surface area contributed by atoms with E-state index in [1.54, 1.807) is 11.1 Å². The highest BCUT2D eigenvalue weighted by atomic mass is 14.9. The van der Waals surface area contributed by atoms with Crippen LogP contribution in [0, 0.1) is 0 Å². The van der Waals surface area contributed by atoms with Gasteiger partial charge in [-0.15, -0.1) is 0 Å². The summed E-state index contributed by atoms with van der Waals surface area (Å²) in [6.07, 6.45) is 40.1. The molecule has 0 aliphatic carbocycles. The third-order valence-corrected chi connectivity index (χ3v) is 7.65. The summed E-state index contributed by atoms with van der Waals surface area (Å²) in [5.74, 6) is 0. The molecule has 1 aromatic heterocycles. The Balaban J connectivity index is 2.16. The monoisotopic (exact) mass is 487 g/mol. The molecule has 1 heteroatoms. The highest BCUT2D eigenvalue weighted by molar-refractivity contribution is 5.15. The first-order valence-corrected chi connectivity index (χ1v) is 16.3. The van der Waals surface area contributed by atoms with Gasteiger partial charge in [-0.25, -0.2) is 4.57 Å². The fourth-order valence-corrected chi connectivity index (χ4v) is 5.42. The number of aromatic nitrogens is 1. The number of unbranched alkanes of at least 4 members (excludes halogenated alkanes) is 20. The Labute approximate surface area is 221 Å². The third kappa shape index (κ3) is 20.0. The Bertz CT molecular complexity index is 519. The van der Waals surface area contributed by atoms with Crippen molar-refractivity contribution in [3.8, 4) is 0 Å². The van der Waals surface area contributed by atoms with E-state index in [-0.39, 0.29) is 0 Å². The molecule has 0 aliphatic rings. The average molecular weight is 487 g/mol. The molecule has 1 heterocycles. The minimum Gasteiger partial charge on any atom is -0.205 e. The van der Waals surface area contributed by atoms with Gasteiger partial charge in [-0.3, -0.25) is 0 Å².